The Hall–Kier alpha value is -2.02. The molecule has 0 radical (unpaired) electrons. The van der Waals surface area contributed by atoms with Gasteiger partial charge >= 0.3 is 0 Å². The first kappa shape index (κ1) is 11.1. The zero-order valence-corrected chi connectivity index (χ0v) is 10.6. The minimum absolute atomic E-state index is 0.451. The van der Waals surface area contributed by atoms with Gasteiger partial charge in [-0.05, 0) is 19.4 Å². The quantitative estimate of drug-likeness (QED) is 0.690. The van der Waals surface area contributed by atoms with Crippen molar-refractivity contribution >= 4 is 17.2 Å². The van der Waals surface area contributed by atoms with E-state index in [2.05, 4.69) is 25.4 Å². The number of hydrogen-bond donors (Lipinski definition) is 0. The van der Waals surface area contributed by atoms with E-state index in [1.165, 1.54) is 6.33 Å². The lowest BCUT2D eigenvalue weighted by molar-refractivity contribution is 0.634. The van der Waals surface area contributed by atoms with E-state index in [-0.39, 0.29) is 0 Å². The number of fused-ring (bicyclic) bond motifs is 1. The van der Waals surface area contributed by atoms with E-state index in [1.54, 1.807) is 15.5 Å². The Morgan fingerprint density at radius 2 is 2.06 bits per heavy atom. The normalized spacial score (nSPS) is 11.3. The lowest BCUT2D eigenvalue weighted by Crippen LogP contribution is -2.07. The fourth-order valence-corrected chi connectivity index (χ4v) is 1.91. The van der Waals surface area contributed by atoms with E-state index in [0.29, 0.717) is 23.2 Å². The van der Waals surface area contributed by atoms with Gasteiger partial charge in [0.15, 0.2) is 16.6 Å². The predicted molar refractivity (Wildman–Crippen MR) is 64.4 cm³/mol. The second kappa shape index (κ2) is 4.02. The Kier molecular flexibility index (Phi) is 2.48. The van der Waals surface area contributed by atoms with Gasteiger partial charge in [-0.1, -0.05) is 11.6 Å². The van der Waals surface area contributed by atoms with Crippen molar-refractivity contribution in [2.45, 2.75) is 20.4 Å². The molecule has 0 aromatic carbocycles. The van der Waals surface area contributed by atoms with Crippen molar-refractivity contribution in [3.05, 3.63) is 34.8 Å². The molecule has 3 rings (SSSR count). The molecule has 0 saturated carbocycles. The number of halogens is 1. The molecular weight excluding hydrogens is 254 g/mol. The third-order valence-electron chi connectivity index (χ3n) is 2.87. The Bertz CT molecular complexity index is 701. The van der Waals surface area contributed by atoms with Crippen LogP contribution in [0.1, 0.15) is 17.0 Å². The fourth-order valence-electron chi connectivity index (χ4n) is 1.69. The van der Waals surface area contributed by atoms with Crippen molar-refractivity contribution in [2.24, 2.45) is 0 Å². The van der Waals surface area contributed by atoms with Crippen molar-refractivity contribution in [3.8, 4) is 0 Å². The molecule has 0 aliphatic rings. The van der Waals surface area contributed by atoms with Crippen LogP contribution in [0.5, 0.6) is 0 Å². The molecule has 0 atom stereocenters. The van der Waals surface area contributed by atoms with Crippen LogP contribution in [0.2, 0.25) is 5.15 Å². The zero-order chi connectivity index (χ0) is 12.7. The summed E-state index contributed by atoms with van der Waals surface area (Å²) in [6.07, 6.45) is 3.09. The van der Waals surface area contributed by atoms with Crippen LogP contribution >= 0.6 is 11.6 Å². The maximum absolute atomic E-state index is 6.08. The average Bonchev–Trinajstić information content (AvgIpc) is 2.98. The molecule has 0 aliphatic carbocycles. The van der Waals surface area contributed by atoms with E-state index in [1.807, 2.05) is 13.8 Å². The predicted octanol–water partition coefficient (Wildman–Crippen LogP) is 1.03. The van der Waals surface area contributed by atoms with Crippen LogP contribution in [0.3, 0.4) is 0 Å². The van der Waals surface area contributed by atoms with Gasteiger partial charge in [-0.2, -0.15) is 14.7 Å². The molecular formula is C10H10ClN7. The highest BCUT2D eigenvalue weighted by Gasteiger charge is 2.13. The van der Waals surface area contributed by atoms with Gasteiger partial charge in [0.1, 0.15) is 19.2 Å². The van der Waals surface area contributed by atoms with Gasteiger partial charge in [0.05, 0.1) is 0 Å². The van der Waals surface area contributed by atoms with Crippen molar-refractivity contribution < 1.29 is 0 Å². The molecule has 0 amide bonds. The maximum Gasteiger partial charge on any atom is 0.181 e. The van der Waals surface area contributed by atoms with E-state index in [9.17, 15) is 0 Å². The second-order valence-corrected chi connectivity index (χ2v) is 4.34. The minimum Gasteiger partial charge on any atom is -0.245 e. The molecule has 3 heterocycles. The highest BCUT2D eigenvalue weighted by atomic mass is 35.5. The Balaban J connectivity index is 2.14. The summed E-state index contributed by atoms with van der Waals surface area (Å²) >= 11 is 6.08. The third kappa shape index (κ3) is 1.63. The van der Waals surface area contributed by atoms with E-state index >= 15 is 0 Å². The summed E-state index contributed by atoms with van der Waals surface area (Å²) in [5.74, 6) is 0.667. The number of hydrogen-bond acceptors (Lipinski definition) is 5. The van der Waals surface area contributed by atoms with Crippen LogP contribution in [0.15, 0.2) is 12.7 Å². The Morgan fingerprint density at radius 1 is 1.22 bits per heavy atom. The van der Waals surface area contributed by atoms with Gasteiger partial charge in [-0.15, -0.1) is 10.2 Å². The van der Waals surface area contributed by atoms with Gasteiger partial charge in [0.25, 0.3) is 0 Å². The molecule has 0 unspecified atom stereocenters. The van der Waals surface area contributed by atoms with Crippen LogP contribution in [0.25, 0.3) is 5.65 Å². The standard InChI is InChI=1S/C10H10ClN7/c1-6-7(2)10-15-14-8(18(10)16-9(6)11)3-17-5-12-4-13-17/h4-5H,3H2,1-2H3. The SMILES string of the molecule is Cc1c(Cl)nn2c(Cn3cncn3)nnc2c1C. The zero-order valence-electron chi connectivity index (χ0n) is 9.87. The molecule has 0 spiro atoms. The third-order valence-corrected chi connectivity index (χ3v) is 3.23. The van der Waals surface area contributed by atoms with Crippen LogP contribution in [-0.4, -0.2) is 34.6 Å². The average molecular weight is 264 g/mol. The van der Waals surface area contributed by atoms with Crippen molar-refractivity contribution in [3.63, 3.8) is 0 Å². The summed E-state index contributed by atoms with van der Waals surface area (Å²) in [6, 6.07) is 0. The van der Waals surface area contributed by atoms with Crippen LogP contribution < -0.4 is 0 Å². The molecule has 0 fully saturated rings. The van der Waals surface area contributed by atoms with Crippen LogP contribution in [0, 0.1) is 13.8 Å². The molecule has 0 N–H and O–H groups in total. The molecule has 3 aromatic rings. The van der Waals surface area contributed by atoms with Gasteiger partial charge in [-0.3, -0.25) is 0 Å². The maximum atomic E-state index is 6.08. The minimum atomic E-state index is 0.451. The molecule has 0 aliphatic heterocycles. The topological polar surface area (TPSA) is 73.8 Å². The molecule has 0 saturated heterocycles. The van der Waals surface area contributed by atoms with Crippen molar-refractivity contribution in [2.75, 3.05) is 0 Å². The van der Waals surface area contributed by atoms with Gasteiger partial charge < -0.3 is 0 Å². The molecule has 7 nitrogen and oxygen atoms in total. The van der Waals surface area contributed by atoms with Gasteiger partial charge in [0.2, 0.25) is 0 Å². The molecule has 18 heavy (non-hydrogen) atoms. The Labute approximate surface area is 107 Å². The van der Waals surface area contributed by atoms with Crippen molar-refractivity contribution in [1.82, 2.24) is 34.6 Å². The number of nitrogens with zero attached hydrogens (tertiary/aromatic N) is 7. The molecule has 3 aromatic heterocycles. The summed E-state index contributed by atoms with van der Waals surface area (Å²) in [5, 5.41) is 17.0. The summed E-state index contributed by atoms with van der Waals surface area (Å²) in [6.45, 7) is 4.32. The lowest BCUT2D eigenvalue weighted by atomic mass is 10.2. The number of aryl methyl sites for hydroxylation is 1. The first-order valence-electron chi connectivity index (χ1n) is 5.36. The first-order valence-corrected chi connectivity index (χ1v) is 5.74. The highest BCUT2D eigenvalue weighted by molar-refractivity contribution is 6.30. The molecule has 92 valence electrons. The second-order valence-electron chi connectivity index (χ2n) is 3.99. The molecule has 8 heteroatoms. The van der Waals surface area contributed by atoms with Gasteiger partial charge in [-0.25, -0.2) is 9.67 Å². The smallest absolute Gasteiger partial charge is 0.181 e. The largest absolute Gasteiger partial charge is 0.245 e. The summed E-state index contributed by atoms with van der Waals surface area (Å²) < 4.78 is 3.30. The summed E-state index contributed by atoms with van der Waals surface area (Å²) in [4.78, 5) is 3.88. The monoisotopic (exact) mass is 263 g/mol. The molecule has 0 bridgehead atoms. The first-order chi connectivity index (χ1) is 8.66. The summed E-state index contributed by atoms with van der Waals surface area (Å²) in [7, 11) is 0. The van der Waals surface area contributed by atoms with E-state index in [4.69, 9.17) is 11.6 Å². The van der Waals surface area contributed by atoms with Crippen molar-refractivity contribution in [1.29, 1.82) is 0 Å². The fraction of sp³-hybridized carbons (Fsp3) is 0.300. The van der Waals surface area contributed by atoms with Crippen LogP contribution in [0.4, 0.5) is 0 Å². The van der Waals surface area contributed by atoms with Crippen LogP contribution in [-0.2, 0) is 6.54 Å². The Morgan fingerprint density at radius 3 is 2.78 bits per heavy atom. The lowest BCUT2D eigenvalue weighted by Gasteiger charge is -2.04. The van der Waals surface area contributed by atoms with E-state index < -0.39 is 0 Å². The van der Waals surface area contributed by atoms with Gasteiger partial charge in [0, 0.05) is 5.56 Å². The number of aromatic nitrogens is 7. The summed E-state index contributed by atoms with van der Waals surface area (Å²) in [5.41, 5.74) is 2.61. The van der Waals surface area contributed by atoms with E-state index in [0.717, 1.165) is 11.1 Å². The number of rotatable bonds is 2. The highest BCUT2D eigenvalue weighted by Crippen LogP contribution is 2.19.